The zero-order valence-corrected chi connectivity index (χ0v) is 51.3. The highest BCUT2D eigenvalue weighted by Crippen LogP contribution is 2.39. The molecule has 0 spiro atoms. The molecule has 5 fully saturated rings. The van der Waals surface area contributed by atoms with Gasteiger partial charge in [-0.25, -0.2) is 55.6 Å². The van der Waals surface area contributed by atoms with E-state index in [4.69, 9.17) is 14.2 Å². The molecule has 5 aliphatic rings. The highest BCUT2D eigenvalue weighted by atomic mass is 32.2. The van der Waals surface area contributed by atoms with Gasteiger partial charge in [-0.2, -0.15) is 0 Å². The Morgan fingerprint density at radius 1 is 0.583 bits per heavy atom. The van der Waals surface area contributed by atoms with Crippen molar-refractivity contribution in [3.05, 3.63) is 72.1 Å². The van der Waals surface area contributed by atoms with E-state index in [0.717, 1.165) is 140 Å². The largest absolute Gasteiger partial charge is 0.462 e. The van der Waals surface area contributed by atoms with Crippen LogP contribution in [0.15, 0.2) is 55.4 Å². The van der Waals surface area contributed by atoms with Crippen LogP contribution in [0.5, 0.6) is 0 Å². The average Bonchev–Trinajstić information content (AvgIpc) is 4.18. The van der Waals surface area contributed by atoms with Crippen LogP contribution in [0.2, 0.25) is 0 Å². The molecule has 7 N–H and O–H groups in total. The maximum absolute atomic E-state index is 12.8. The van der Waals surface area contributed by atoms with Crippen molar-refractivity contribution < 1.29 is 45.4 Å². The zero-order chi connectivity index (χ0) is 59.5. The molecule has 0 saturated heterocycles. The van der Waals surface area contributed by atoms with Gasteiger partial charge in [-0.3, -0.25) is 0 Å². The molecule has 5 saturated carbocycles. The van der Waals surface area contributed by atoms with E-state index in [2.05, 4.69) is 61.8 Å². The Labute approximate surface area is 494 Å². The van der Waals surface area contributed by atoms with Crippen LogP contribution in [-0.4, -0.2) is 135 Å². The van der Waals surface area contributed by atoms with Crippen LogP contribution in [0.3, 0.4) is 0 Å². The van der Waals surface area contributed by atoms with Gasteiger partial charge in [0.15, 0.2) is 0 Å². The van der Waals surface area contributed by atoms with Crippen molar-refractivity contribution >= 4 is 88.1 Å². The molecule has 6 aromatic heterocycles. The zero-order valence-electron chi connectivity index (χ0n) is 49.6. The third kappa shape index (κ3) is 16.6. The predicted molar refractivity (Wildman–Crippen MR) is 328 cm³/mol. The summed E-state index contributed by atoms with van der Waals surface area (Å²) in [5, 5.41) is 9.92. The second-order valence-electron chi connectivity index (χ2n) is 24.2. The number of anilines is 3. The van der Waals surface area contributed by atoms with Crippen LogP contribution in [0, 0.1) is 29.6 Å². The smallest absolute Gasteiger partial charge is 0.342 e. The Bertz CT molecular complexity index is 3410. The topological polar surface area (TPSA) is 285 Å². The molecule has 2 atom stereocenters. The second kappa shape index (κ2) is 28.3. The summed E-state index contributed by atoms with van der Waals surface area (Å²) >= 11 is 0. The molecule has 6 heterocycles. The van der Waals surface area contributed by atoms with Gasteiger partial charge >= 0.3 is 17.9 Å². The number of hydrogen-bond donors (Lipinski definition) is 7. The lowest BCUT2D eigenvalue weighted by atomic mass is 9.83. The number of nitrogens with zero attached hydrogens (tertiary/aromatic N) is 4. The van der Waals surface area contributed by atoms with Crippen molar-refractivity contribution in [3.8, 4) is 0 Å². The molecule has 0 unspecified atom stereocenters. The van der Waals surface area contributed by atoms with Crippen LogP contribution in [0.25, 0.3) is 33.1 Å². The molecule has 5 aliphatic carbocycles. The fourth-order valence-electron chi connectivity index (χ4n) is 12.2. The van der Waals surface area contributed by atoms with Crippen molar-refractivity contribution in [3.63, 3.8) is 0 Å². The maximum atomic E-state index is 12.8. The number of pyridine rings is 3. The number of fused-ring (bicyclic) bond motifs is 3. The lowest BCUT2D eigenvalue weighted by Crippen LogP contribution is -2.38. The third-order valence-corrected chi connectivity index (χ3v) is 20.4. The van der Waals surface area contributed by atoms with Crippen LogP contribution in [0.4, 0.5) is 17.1 Å². The normalized spacial score (nSPS) is 21.9. The molecule has 6 aromatic rings. The van der Waals surface area contributed by atoms with E-state index in [1.165, 1.54) is 46.2 Å². The average molecular weight is 1200 g/mol. The number of ether oxygens (including phenoxy) is 3. The Morgan fingerprint density at radius 3 is 1.54 bits per heavy atom. The quantitative estimate of drug-likeness (QED) is 0.0246. The molecule has 21 nitrogen and oxygen atoms in total. The number of carbonyl (C=O) groups excluding carboxylic acids is 3. The minimum absolute atomic E-state index is 0.147. The van der Waals surface area contributed by atoms with Gasteiger partial charge in [0.1, 0.15) is 33.6 Å². The van der Waals surface area contributed by atoms with Gasteiger partial charge in [-0.1, -0.05) is 32.6 Å². The summed E-state index contributed by atoms with van der Waals surface area (Å²) in [6.45, 7) is 6.92. The number of aromatic amines is 3. The summed E-state index contributed by atoms with van der Waals surface area (Å²) in [7, 11) is -1.45. The monoisotopic (exact) mass is 1200 g/mol. The summed E-state index contributed by atoms with van der Waals surface area (Å²) in [5.74, 6) is 1.49. The Hall–Kier alpha value is -6.30. The highest BCUT2D eigenvalue weighted by Gasteiger charge is 2.33. The number of rotatable bonds is 22. The van der Waals surface area contributed by atoms with E-state index in [1.807, 2.05) is 57.7 Å². The van der Waals surface area contributed by atoms with Gasteiger partial charge in [0.05, 0.1) is 47.9 Å². The van der Waals surface area contributed by atoms with Gasteiger partial charge in [-0.15, -0.1) is 0 Å². The van der Waals surface area contributed by atoms with E-state index in [-0.39, 0.29) is 59.4 Å². The molecule has 11 rings (SSSR count). The lowest BCUT2D eigenvalue weighted by molar-refractivity contribution is 0.0377. The molecular formula is C61H87N11O10S2. The van der Waals surface area contributed by atoms with E-state index in [0.29, 0.717) is 47.8 Å². The fourth-order valence-corrected chi connectivity index (χ4v) is 14.4. The molecule has 84 heavy (non-hydrogen) atoms. The fraction of sp³-hybridized carbons (Fsp3) is 0.607. The van der Waals surface area contributed by atoms with E-state index < -0.39 is 20.0 Å². The Balaban J connectivity index is 0.000000152. The Morgan fingerprint density at radius 2 is 1.04 bits per heavy atom. The second-order valence-corrected chi connectivity index (χ2v) is 28.1. The van der Waals surface area contributed by atoms with Crippen molar-refractivity contribution in [2.45, 2.75) is 161 Å². The van der Waals surface area contributed by atoms with Crippen molar-refractivity contribution in [2.24, 2.45) is 29.6 Å². The van der Waals surface area contributed by atoms with Crippen molar-refractivity contribution in [1.29, 1.82) is 0 Å². The first-order valence-electron chi connectivity index (χ1n) is 30.4. The number of nitrogens with one attached hydrogen (secondary N) is 7. The number of aromatic nitrogens is 6. The first kappa shape index (κ1) is 62.2. The molecule has 0 aliphatic heterocycles. The minimum atomic E-state index is -3.19. The first-order valence-corrected chi connectivity index (χ1v) is 33.7. The lowest BCUT2D eigenvalue weighted by Gasteiger charge is -2.36. The van der Waals surface area contributed by atoms with Crippen LogP contribution < -0.4 is 25.0 Å². The summed E-state index contributed by atoms with van der Waals surface area (Å²) in [5.41, 5.74) is 6.19. The van der Waals surface area contributed by atoms with Crippen LogP contribution in [0.1, 0.15) is 167 Å². The summed E-state index contributed by atoms with van der Waals surface area (Å²) < 4.78 is 68.6. The molecule has 0 radical (unpaired) electrons. The number of H-pyrrole nitrogens is 3. The molecule has 0 aromatic carbocycles. The van der Waals surface area contributed by atoms with Crippen molar-refractivity contribution in [1.82, 2.24) is 39.3 Å². The molecular weight excluding hydrogens is 1110 g/mol. The third-order valence-electron chi connectivity index (χ3n) is 17.3. The van der Waals surface area contributed by atoms with E-state index in [9.17, 15) is 31.2 Å². The molecule has 0 amide bonds. The summed E-state index contributed by atoms with van der Waals surface area (Å²) in [6.07, 6.45) is 28.9. The SMILES string of the molecule is CCC[C@@H]1CCC[C@H](Nc2c(C(=O)OC(C)C)cnc3[nH]ccc23)C1.CNS(=O)(=O)CC1CCC(N(C)c2c(C(=O)OCC3CC3)cnc3[nH]ccc23)CC1.CNS(=O)(=O)CC1CCC(Nc2c(C(=O)OCC3CC3)cnc3[nH]ccc23)CC1. The van der Waals surface area contributed by atoms with Gasteiger partial charge < -0.3 is 44.7 Å². The summed E-state index contributed by atoms with van der Waals surface area (Å²) in [4.78, 5) is 62.6. The van der Waals surface area contributed by atoms with Gasteiger partial charge in [-0.05, 0) is 166 Å². The molecule has 0 bridgehead atoms. The first-order chi connectivity index (χ1) is 40.4. The van der Waals surface area contributed by atoms with E-state index in [1.54, 1.807) is 18.6 Å². The van der Waals surface area contributed by atoms with Crippen molar-refractivity contribution in [2.75, 3.05) is 61.4 Å². The van der Waals surface area contributed by atoms with Gasteiger partial charge in [0.25, 0.3) is 0 Å². The van der Waals surface area contributed by atoms with Crippen LogP contribution in [-0.2, 0) is 34.3 Å². The van der Waals surface area contributed by atoms with Gasteiger partial charge in [0, 0.05) is 78.5 Å². The summed E-state index contributed by atoms with van der Waals surface area (Å²) in [6, 6.07) is 6.64. The van der Waals surface area contributed by atoms with Crippen LogP contribution >= 0.6 is 0 Å². The number of hydrogen-bond acceptors (Lipinski definition) is 16. The van der Waals surface area contributed by atoms with E-state index >= 15 is 0 Å². The standard InChI is InChI=1S/C21H30N4O4S.C20H28N4O4S.C20H29N3O2/c1-22-30(27,28)13-15-5-7-16(8-6-15)25(2)19-17-9-10-23-20(17)24-11-18(19)21(26)29-12-14-3-4-14;1-21-29(26,27)12-14-4-6-15(7-5-14)24-18-16-8-9-22-19(16)23-10-17(18)20(25)28-11-13-2-3-13;1-4-6-14-7-5-8-15(11-14)23-18-16-9-10-21-19(16)22-12-17(18)20(24)25-13(2)3/h9-11,14-16,22H,3-8,12-13H2,1-2H3,(H,23,24);8-10,13-15,21H,2-7,11-12H2,1H3,(H2,22,23,24);9-10,12-15H,4-8,11H2,1-3H3,(H2,21,22,23)/t;;14-,15+/m..1/s1. The molecule has 23 heteroatoms. The predicted octanol–water partition coefficient (Wildman–Crippen LogP) is 10.2. The number of sulfonamides is 2. The number of carbonyl (C=O) groups is 3. The minimum Gasteiger partial charge on any atom is -0.462 e. The molecule has 458 valence electrons. The van der Waals surface area contributed by atoms with Gasteiger partial charge in [0.2, 0.25) is 20.0 Å². The Kier molecular flexibility index (Phi) is 20.9. The number of esters is 3. The maximum Gasteiger partial charge on any atom is 0.342 e. The highest BCUT2D eigenvalue weighted by molar-refractivity contribution is 7.89.